The van der Waals surface area contributed by atoms with Gasteiger partial charge in [-0.2, -0.15) is 0 Å². The third-order valence-corrected chi connectivity index (χ3v) is 2.48. The number of carbonyl (C=O) groups is 1. The quantitative estimate of drug-likeness (QED) is 0.811. The Morgan fingerprint density at radius 1 is 1.50 bits per heavy atom. The molecule has 5 nitrogen and oxygen atoms in total. The molecule has 0 bridgehead atoms. The number of methoxy groups -OCH3 is 1. The molecule has 1 amide bonds. The average molecular weight is 251 g/mol. The summed E-state index contributed by atoms with van der Waals surface area (Å²) in [6.45, 7) is 4.84. The molecule has 1 aromatic rings. The van der Waals surface area contributed by atoms with Gasteiger partial charge in [-0.15, -0.1) is 0 Å². The standard InChI is InChI=1S/C13H21N3O2/c1-13(2,14)12(17)16(8-9-18-3)10-11-6-4-5-7-15-11/h4-7H,8-10,14H2,1-3H3. The summed E-state index contributed by atoms with van der Waals surface area (Å²) >= 11 is 0. The SMILES string of the molecule is COCCN(Cc1ccccn1)C(=O)C(C)(C)N. The van der Waals surface area contributed by atoms with Gasteiger partial charge in [-0.1, -0.05) is 6.07 Å². The summed E-state index contributed by atoms with van der Waals surface area (Å²) in [4.78, 5) is 18.1. The molecule has 1 aromatic heterocycles. The lowest BCUT2D eigenvalue weighted by molar-refractivity contribution is -0.137. The Hall–Kier alpha value is -1.46. The fourth-order valence-corrected chi connectivity index (χ4v) is 1.55. The highest BCUT2D eigenvalue weighted by molar-refractivity contribution is 5.85. The second-order valence-corrected chi connectivity index (χ2v) is 4.76. The minimum atomic E-state index is -0.886. The molecule has 0 radical (unpaired) electrons. The molecule has 100 valence electrons. The van der Waals surface area contributed by atoms with Gasteiger partial charge in [0, 0.05) is 19.9 Å². The van der Waals surface area contributed by atoms with E-state index in [4.69, 9.17) is 10.5 Å². The normalized spacial score (nSPS) is 11.3. The van der Waals surface area contributed by atoms with E-state index in [1.165, 1.54) is 0 Å². The third-order valence-electron chi connectivity index (χ3n) is 2.48. The fraction of sp³-hybridized carbons (Fsp3) is 0.538. The second kappa shape index (κ2) is 6.47. The zero-order chi connectivity index (χ0) is 13.6. The van der Waals surface area contributed by atoms with Crippen LogP contribution in [-0.4, -0.2) is 41.6 Å². The lowest BCUT2D eigenvalue weighted by atomic mass is 10.1. The topological polar surface area (TPSA) is 68.5 Å². The van der Waals surface area contributed by atoms with Crippen molar-refractivity contribution in [3.63, 3.8) is 0 Å². The monoisotopic (exact) mass is 251 g/mol. The van der Waals surface area contributed by atoms with E-state index in [0.29, 0.717) is 19.7 Å². The van der Waals surface area contributed by atoms with Crippen LogP contribution in [0.15, 0.2) is 24.4 Å². The van der Waals surface area contributed by atoms with Crippen molar-refractivity contribution >= 4 is 5.91 Å². The van der Waals surface area contributed by atoms with E-state index in [1.54, 1.807) is 32.1 Å². The average Bonchev–Trinajstić information content (AvgIpc) is 2.33. The first-order chi connectivity index (χ1) is 8.45. The molecule has 2 N–H and O–H groups in total. The van der Waals surface area contributed by atoms with Crippen molar-refractivity contribution in [2.75, 3.05) is 20.3 Å². The van der Waals surface area contributed by atoms with Gasteiger partial charge in [-0.3, -0.25) is 9.78 Å². The van der Waals surface area contributed by atoms with Crippen LogP contribution in [0.3, 0.4) is 0 Å². The number of pyridine rings is 1. The van der Waals surface area contributed by atoms with Crippen LogP contribution < -0.4 is 5.73 Å². The largest absolute Gasteiger partial charge is 0.383 e. The molecule has 0 aliphatic heterocycles. The van der Waals surface area contributed by atoms with Crippen molar-refractivity contribution < 1.29 is 9.53 Å². The smallest absolute Gasteiger partial charge is 0.242 e. The molecule has 0 aliphatic rings. The van der Waals surface area contributed by atoms with Crippen LogP contribution >= 0.6 is 0 Å². The Morgan fingerprint density at radius 2 is 2.22 bits per heavy atom. The number of amides is 1. The van der Waals surface area contributed by atoms with E-state index in [0.717, 1.165) is 5.69 Å². The molecule has 0 saturated heterocycles. The van der Waals surface area contributed by atoms with Crippen LogP contribution in [0.4, 0.5) is 0 Å². The lowest BCUT2D eigenvalue weighted by Crippen LogP contribution is -2.51. The van der Waals surface area contributed by atoms with Crippen LogP contribution in [0, 0.1) is 0 Å². The molecule has 0 saturated carbocycles. The van der Waals surface area contributed by atoms with Crippen molar-refractivity contribution in [3.8, 4) is 0 Å². The number of hydrogen-bond acceptors (Lipinski definition) is 4. The summed E-state index contributed by atoms with van der Waals surface area (Å²) in [5.41, 5.74) is 5.81. The van der Waals surface area contributed by atoms with E-state index in [2.05, 4.69) is 4.98 Å². The number of nitrogens with two attached hydrogens (primary N) is 1. The summed E-state index contributed by atoms with van der Waals surface area (Å²) in [7, 11) is 1.61. The van der Waals surface area contributed by atoms with Crippen LogP contribution in [0.1, 0.15) is 19.5 Å². The van der Waals surface area contributed by atoms with Gasteiger partial charge >= 0.3 is 0 Å². The Bertz CT molecular complexity index is 374. The van der Waals surface area contributed by atoms with Crippen molar-refractivity contribution in [1.29, 1.82) is 0 Å². The maximum absolute atomic E-state index is 12.2. The Labute approximate surface area is 108 Å². The maximum atomic E-state index is 12.2. The van der Waals surface area contributed by atoms with Gasteiger partial charge in [0.15, 0.2) is 0 Å². The molecular weight excluding hydrogens is 230 g/mol. The Kier molecular flexibility index (Phi) is 5.25. The first-order valence-electron chi connectivity index (χ1n) is 5.92. The summed E-state index contributed by atoms with van der Waals surface area (Å²) in [5, 5.41) is 0. The van der Waals surface area contributed by atoms with Crippen LogP contribution in [0.25, 0.3) is 0 Å². The molecule has 1 rings (SSSR count). The molecule has 0 unspecified atom stereocenters. The lowest BCUT2D eigenvalue weighted by Gasteiger charge is -2.29. The minimum absolute atomic E-state index is 0.106. The highest BCUT2D eigenvalue weighted by Crippen LogP contribution is 2.08. The summed E-state index contributed by atoms with van der Waals surface area (Å²) in [5.74, 6) is -0.106. The van der Waals surface area contributed by atoms with Crippen LogP contribution in [-0.2, 0) is 16.1 Å². The van der Waals surface area contributed by atoms with Crippen molar-refractivity contribution in [2.45, 2.75) is 25.9 Å². The zero-order valence-corrected chi connectivity index (χ0v) is 11.2. The molecule has 0 aliphatic carbocycles. The zero-order valence-electron chi connectivity index (χ0n) is 11.2. The molecule has 18 heavy (non-hydrogen) atoms. The van der Waals surface area contributed by atoms with Gasteiger partial charge in [0.25, 0.3) is 0 Å². The van der Waals surface area contributed by atoms with E-state index in [9.17, 15) is 4.79 Å². The van der Waals surface area contributed by atoms with Crippen LogP contribution in [0.5, 0.6) is 0 Å². The number of aromatic nitrogens is 1. The maximum Gasteiger partial charge on any atom is 0.242 e. The number of rotatable bonds is 6. The Morgan fingerprint density at radius 3 is 2.72 bits per heavy atom. The minimum Gasteiger partial charge on any atom is -0.383 e. The number of nitrogens with zero attached hydrogens (tertiary/aromatic N) is 2. The highest BCUT2D eigenvalue weighted by atomic mass is 16.5. The van der Waals surface area contributed by atoms with Gasteiger partial charge in [-0.25, -0.2) is 0 Å². The number of hydrogen-bond donors (Lipinski definition) is 1. The second-order valence-electron chi connectivity index (χ2n) is 4.76. The highest BCUT2D eigenvalue weighted by Gasteiger charge is 2.27. The first kappa shape index (κ1) is 14.6. The van der Waals surface area contributed by atoms with Crippen molar-refractivity contribution in [3.05, 3.63) is 30.1 Å². The summed E-state index contributed by atoms with van der Waals surface area (Å²) in [6, 6.07) is 5.63. The van der Waals surface area contributed by atoms with Crippen molar-refractivity contribution in [1.82, 2.24) is 9.88 Å². The summed E-state index contributed by atoms with van der Waals surface area (Å²) in [6.07, 6.45) is 1.71. The molecule has 0 fully saturated rings. The third kappa shape index (κ3) is 4.43. The van der Waals surface area contributed by atoms with E-state index < -0.39 is 5.54 Å². The molecule has 0 spiro atoms. The van der Waals surface area contributed by atoms with Crippen LogP contribution in [0.2, 0.25) is 0 Å². The van der Waals surface area contributed by atoms with E-state index in [1.807, 2.05) is 18.2 Å². The van der Waals surface area contributed by atoms with Crippen molar-refractivity contribution in [2.24, 2.45) is 5.73 Å². The molecule has 5 heteroatoms. The van der Waals surface area contributed by atoms with Gasteiger partial charge in [0.2, 0.25) is 5.91 Å². The molecule has 0 atom stereocenters. The van der Waals surface area contributed by atoms with E-state index in [-0.39, 0.29) is 5.91 Å². The van der Waals surface area contributed by atoms with Gasteiger partial charge in [-0.05, 0) is 26.0 Å². The van der Waals surface area contributed by atoms with Gasteiger partial charge < -0.3 is 15.4 Å². The molecule has 1 heterocycles. The summed E-state index contributed by atoms with van der Waals surface area (Å²) < 4.78 is 5.02. The van der Waals surface area contributed by atoms with Gasteiger partial charge in [0.1, 0.15) is 0 Å². The predicted molar refractivity (Wildman–Crippen MR) is 69.8 cm³/mol. The predicted octanol–water partition coefficient (Wildman–Crippen LogP) is 0.794. The van der Waals surface area contributed by atoms with E-state index >= 15 is 0 Å². The fourth-order valence-electron chi connectivity index (χ4n) is 1.55. The number of ether oxygens (including phenoxy) is 1. The first-order valence-corrected chi connectivity index (χ1v) is 5.92. The molecular formula is C13H21N3O2. The number of carbonyl (C=O) groups excluding carboxylic acids is 1. The molecule has 0 aromatic carbocycles. The van der Waals surface area contributed by atoms with Gasteiger partial charge in [0.05, 0.1) is 24.4 Å². The Balaban J connectivity index is 2.76.